The molecule has 0 amide bonds. The summed E-state index contributed by atoms with van der Waals surface area (Å²) in [5.74, 6) is 0.499. The Hall–Kier alpha value is -2.17. The van der Waals surface area contributed by atoms with E-state index in [0.29, 0.717) is 17.9 Å². The van der Waals surface area contributed by atoms with Crippen molar-refractivity contribution in [1.82, 2.24) is 10.2 Å². The van der Waals surface area contributed by atoms with E-state index in [1.54, 1.807) is 24.3 Å². The predicted molar refractivity (Wildman–Crippen MR) is 59.7 cm³/mol. The van der Waals surface area contributed by atoms with E-state index in [1.807, 2.05) is 6.92 Å². The summed E-state index contributed by atoms with van der Waals surface area (Å²) in [6.07, 6.45) is 0. The third kappa shape index (κ3) is 1.79. The van der Waals surface area contributed by atoms with E-state index < -0.39 is 0 Å². The second-order valence-corrected chi connectivity index (χ2v) is 3.26. The molecule has 0 aliphatic rings. The fraction of sp³-hybridized carbons (Fsp3) is 0.182. The van der Waals surface area contributed by atoms with Crippen molar-refractivity contribution in [2.24, 2.45) is 0 Å². The Morgan fingerprint density at radius 3 is 2.81 bits per heavy atom. The number of H-pyrrole nitrogens is 2. The van der Waals surface area contributed by atoms with Crippen LogP contribution in [-0.2, 0) is 0 Å². The van der Waals surface area contributed by atoms with Gasteiger partial charge in [0.1, 0.15) is 11.3 Å². The largest absolute Gasteiger partial charge is 0.494 e. The number of benzene rings is 1. The summed E-state index contributed by atoms with van der Waals surface area (Å²) in [6, 6.07) is 7.01. The molecule has 0 radical (unpaired) electrons. The lowest BCUT2D eigenvalue weighted by Gasteiger charge is -2.04. The van der Waals surface area contributed by atoms with Crippen molar-refractivity contribution in [3.8, 4) is 22.8 Å². The molecule has 2 aromatic rings. The summed E-state index contributed by atoms with van der Waals surface area (Å²) in [7, 11) is 0. The highest BCUT2D eigenvalue weighted by Gasteiger charge is 2.11. The second-order valence-electron chi connectivity index (χ2n) is 3.26. The number of nitrogens with one attached hydrogen (secondary N) is 2. The van der Waals surface area contributed by atoms with E-state index in [0.717, 1.165) is 0 Å². The van der Waals surface area contributed by atoms with Crippen molar-refractivity contribution in [2.75, 3.05) is 6.61 Å². The third-order valence-electron chi connectivity index (χ3n) is 2.19. The number of aromatic amines is 2. The quantitative estimate of drug-likeness (QED) is 0.733. The van der Waals surface area contributed by atoms with Gasteiger partial charge in [0, 0.05) is 0 Å². The van der Waals surface area contributed by atoms with Crippen molar-refractivity contribution >= 4 is 0 Å². The molecule has 84 valence electrons. The van der Waals surface area contributed by atoms with Crippen molar-refractivity contribution in [3.63, 3.8) is 0 Å². The van der Waals surface area contributed by atoms with Crippen LogP contribution < -0.4 is 10.3 Å². The van der Waals surface area contributed by atoms with Crippen LogP contribution in [0.4, 0.5) is 0 Å². The minimum Gasteiger partial charge on any atom is -0.494 e. The molecule has 0 fully saturated rings. The number of aromatic hydroxyl groups is 1. The number of hydrogen-bond acceptors (Lipinski definition) is 3. The van der Waals surface area contributed by atoms with E-state index in [4.69, 9.17) is 4.74 Å². The molecule has 0 bridgehead atoms. The van der Waals surface area contributed by atoms with Crippen LogP contribution in [0.3, 0.4) is 0 Å². The first kappa shape index (κ1) is 10.4. The smallest absolute Gasteiger partial charge is 0.275 e. The van der Waals surface area contributed by atoms with Crippen LogP contribution in [0.25, 0.3) is 11.1 Å². The second kappa shape index (κ2) is 4.14. The Morgan fingerprint density at radius 2 is 2.19 bits per heavy atom. The highest BCUT2D eigenvalue weighted by Crippen LogP contribution is 2.26. The summed E-state index contributed by atoms with van der Waals surface area (Å²) >= 11 is 0. The lowest BCUT2D eigenvalue weighted by molar-refractivity contribution is 0.340. The van der Waals surface area contributed by atoms with Crippen LogP contribution in [0.2, 0.25) is 0 Å². The molecule has 1 heterocycles. The van der Waals surface area contributed by atoms with Gasteiger partial charge in [-0.25, -0.2) is 0 Å². The summed E-state index contributed by atoms with van der Waals surface area (Å²) in [5, 5.41) is 14.2. The molecular formula is C11H12N2O3. The molecular weight excluding hydrogens is 208 g/mol. The first-order valence-corrected chi connectivity index (χ1v) is 4.95. The van der Waals surface area contributed by atoms with E-state index >= 15 is 0 Å². The van der Waals surface area contributed by atoms with Crippen LogP contribution in [-0.4, -0.2) is 21.9 Å². The summed E-state index contributed by atoms with van der Waals surface area (Å²) in [6.45, 7) is 2.44. The molecule has 0 saturated carbocycles. The Bertz CT molecular complexity index is 542. The predicted octanol–water partition coefficient (Wildman–Crippen LogP) is 1.47. The fourth-order valence-electron chi connectivity index (χ4n) is 1.52. The maximum atomic E-state index is 11.4. The monoisotopic (exact) mass is 220 g/mol. The molecule has 2 rings (SSSR count). The van der Waals surface area contributed by atoms with E-state index in [9.17, 15) is 9.90 Å². The molecule has 1 aromatic carbocycles. The molecule has 0 aliphatic heterocycles. The molecule has 3 N–H and O–H groups in total. The zero-order valence-corrected chi connectivity index (χ0v) is 8.78. The summed E-state index contributed by atoms with van der Waals surface area (Å²) in [4.78, 5) is 11.4. The SMILES string of the molecule is CCOc1cccc(-c2c(O)[nH][nH]c2=O)c1. The van der Waals surface area contributed by atoms with E-state index in [-0.39, 0.29) is 17.0 Å². The van der Waals surface area contributed by atoms with Gasteiger partial charge in [0.05, 0.1) is 6.61 Å². The molecule has 0 unspecified atom stereocenters. The van der Waals surface area contributed by atoms with Gasteiger partial charge in [-0.15, -0.1) is 0 Å². The highest BCUT2D eigenvalue weighted by atomic mass is 16.5. The van der Waals surface area contributed by atoms with Crippen LogP contribution in [0.5, 0.6) is 11.6 Å². The molecule has 0 atom stereocenters. The first-order valence-electron chi connectivity index (χ1n) is 4.95. The number of rotatable bonds is 3. The molecule has 5 nitrogen and oxygen atoms in total. The standard InChI is InChI=1S/C11H12N2O3/c1-2-16-8-5-3-4-7(6-8)9-10(14)12-13-11(9)15/h3-6H,2H2,1H3,(H3,12,13,14,15). The van der Waals surface area contributed by atoms with Crippen molar-refractivity contribution in [1.29, 1.82) is 0 Å². The van der Waals surface area contributed by atoms with Gasteiger partial charge in [0.2, 0.25) is 5.88 Å². The average Bonchev–Trinajstić information content (AvgIpc) is 2.59. The minimum absolute atomic E-state index is 0.168. The van der Waals surface area contributed by atoms with E-state index in [2.05, 4.69) is 10.2 Å². The average molecular weight is 220 g/mol. The Labute approximate surface area is 91.7 Å². The Morgan fingerprint density at radius 1 is 1.38 bits per heavy atom. The number of ether oxygens (including phenoxy) is 1. The Balaban J connectivity index is 2.48. The zero-order chi connectivity index (χ0) is 11.5. The number of hydrogen-bond donors (Lipinski definition) is 3. The van der Waals surface area contributed by atoms with Crippen LogP contribution >= 0.6 is 0 Å². The van der Waals surface area contributed by atoms with Gasteiger partial charge in [-0.1, -0.05) is 12.1 Å². The van der Waals surface area contributed by atoms with Crippen molar-refractivity contribution in [3.05, 3.63) is 34.6 Å². The van der Waals surface area contributed by atoms with Gasteiger partial charge in [0.25, 0.3) is 5.56 Å². The molecule has 0 aliphatic carbocycles. The molecule has 0 spiro atoms. The molecule has 1 aromatic heterocycles. The third-order valence-corrected chi connectivity index (χ3v) is 2.19. The number of aromatic nitrogens is 2. The first-order chi connectivity index (χ1) is 7.72. The van der Waals surface area contributed by atoms with Crippen LogP contribution in [0.15, 0.2) is 29.1 Å². The van der Waals surface area contributed by atoms with Gasteiger partial charge in [-0.05, 0) is 24.6 Å². The topological polar surface area (TPSA) is 78.1 Å². The normalized spacial score (nSPS) is 10.3. The lowest BCUT2D eigenvalue weighted by atomic mass is 10.1. The van der Waals surface area contributed by atoms with Gasteiger partial charge in [-0.2, -0.15) is 0 Å². The van der Waals surface area contributed by atoms with Crippen LogP contribution in [0.1, 0.15) is 6.92 Å². The van der Waals surface area contributed by atoms with Gasteiger partial charge in [-0.3, -0.25) is 15.0 Å². The maximum absolute atomic E-state index is 11.4. The Kier molecular flexibility index (Phi) is 2.68. The van der Waals surface area contributed by atoms with Crippen molar-refractivity contribution < 1.29 is 9.84 Å². The summed E-state index contributed by atoms with van der Waals surface area (Å²) in [5.41, 5.74) is 0.485. The van der Waals surface area contributed by atoms with Gasteiger partial charge < -0.3 is 9.84 Å². The minimum atomic E-state index is -0.355. The van der Waals surface area contributed by atoms with Gasteiger partial charge >= 0.3 is 0 Å². The lowest BCUT2D eigenvalue weighted by Crippen LogP contribution is -2.01. The van der Waals surface area contributed by atoms with Crippen LogP contribution in [0, 0.1) is 0 Å². The molecule has 16 heavy (non-hydrogen) atoms. The molecule has 5 heteroatoms. The fourth-order valence-corrected chi connectivity index (χ4v) is 1.52. The maximum Gasteiger partial charge on any atom is 0.275 e. The zero-order valence-electron chi connectivity index (χ0n) is 8.78. The molecule has 0 saturated heterocycles. The summed E-state index contributed by atoms with van der Waals surface area (Å²) < 4.78 is 5.32. The van der Waals surface area contributed by atoms with Gasteiger partial charge in [0.15, 0.2) is 0 Å². The highest BCUT2D eigenvalue weighted by molar-refractivity contribution is 5.68. The van der Waals surface area contributed by atoms with E-state index in [1.165, 1.54) is 0 Å². The van der Waals surface area contributed by atoms with Crippen molar-refractivity contribution in [2.45, 2.75) is 6.92 Å².